The van der Waals surface area contributed by atoms with Gasteiger partial charge < -0.3 is 4.74 Å². The molecule has 144 valence electrons. The summed E-state index contributed by atoms with van der Waals surface area (Å²) in [6.45, 7) is 3.28. The van der Waals surface area contributed by atoms with Crippen LogP contribution in [0.3, 0.4) is 0 Å². The van der Waals surface area contributed by atoms with Gasteiger partial charge in [-0.05, 0) is 35.4 Å². The molecule has 0 saturated carbocycles. The molecule has 2 atom stereocenters. The number of aromatic nitrogens is 1. The molecule has 0 N–H and O–H groups in total. The van der Waals surface area contributed by atoms with Crippen LogP contribution in [0.15, 0.2) is 48.8 Å². The van der Waals surface area contributed by atoms with Crippen LogP contribution in [0.2, 0.25) is 0 Å². The highest BCUT2D eigenvalue weighted by atomic mass is 32.2. The number of hydrogen-bond acceptors (Lipinski definition) is 6. The second kappa shape index (κ2) is 7.58. The average molecular weight is 388 g/mol. The molecular formula is C20H25N3O3S. The van der Waals surface area contributed by atoms with Crippen LogP contribution in [0.1, 0.15) is 11.1 Å². The highest BCUT2D eigenvalue weighted by Gasteiger charge is 2.46. The first kappa shape index (κ1) is 18.4. The van der Waals surface area contributed by atoms with Crippen LogP contribution < -0.4 is 4.74 Å². The Labute approximate surface area is 160 Å². The molecule has 2 aromatic rings. The smallest absolute Gasteiger partial charge is 0.153 e. The zero-order valence-corrected chi connectivity index (χ0v) is 16.3. The number of methoxy groups -OCH3 is 1. The molecule has 0 radical (unpaired) electrons. The molecule has 0 bridgehead atoms. The van der Waals surface area contributed by atoms with E-state index in [2.05, 4.69) is 26.9 Å². The molecule has 2 unspecified atom stereocenters. The first-order chi connectivity index (χ1) is 13.0. The molecule has 6 nitrogen and oxygen atoms in total. The molecule has 0 spiro atoms. The number of rotatable bonds is 5. The Morgan fingerprint density at radius 3 is 1.96 bits per heavy atom. The van der Waals surface area contributed by atoms with Crippen molar-refractivity contribution in [2.75, 3.05) is 31.7 Å². The Balaban J connectivity index is 1.51. The third-order valence-corrected chi connectivity index (χ3v) is 7.28. The second-order valence-corrected chi connectivity index (χ2v) is 9.51. The monoisotopic (exact) mass is 387 g/mol. The summed E-state index contributed by atoms with van der Waals surface area (Å²) in [5.41, 5.74) is 2.36. The summed E-state index contributed by atoms with van der Waals surface area (Å²) in [7, 11) is -1.35. The van der Waals surface area contributed by atoms with Gasteiger partial charge in [-0.25, -0.2) is 8.42 Å². The Morgan fingerprint density at radius 1 is 0.926 bits per heavy atom. The normalized spacial score (nSPS) is 25.2. The van der Waals surface area contributed by atoms with Crippen molar-refractivity contribution in [3.05, 3.63) is 59.9 Å². The number of ether oxygens (including phenoxy) is 1. The molecule has 2 saturated heterocycles. The maximum Gasteiger partial charge on any atom is 0.153 e. The van der Waals surface area contributed by atoms with E-state index in [0.29, 0.717) is 0 Å². The third kappa shape index (κ3) is 4.15. The van der Waals surface area contributed by atoms with Gasteiger partial charge in [0.2, 0.25) is 0 Å². The SMILES string of the molecule is COc1ccc(CN2CCN(Cc3ccncc3)C3CS(=O)(=O)CC32)cc1. The lowest BCUT2D eigenvalue weighted by Gasteiger charge is -2.44. The highest BCUT2D eigenvalue weighted by molar-refractivity contribution is 7.91. The van der Waals surface area contributed by atoms with Gasteiger partial charge in [-0.2, -0.15) is 0 Å². The summed E-state index contributed by atoms with van der Waals surface area (Å²) in [5.74, 6) is 1.34. The maximum atomic E-state index is 12.4. The van der Waals surface area contributed by atoms with E-state index in [-0.39, 0.29) is 23.6 Å². The van der Waals surface area contributed by atoms with Gasteiger partial charge in [-0.3, -0.25) is 14.8 Å². The lowest BCUT2D eigenvalue weighted by molar-refractivity contribution is 0.0355. The van der Waals surface area contributed by atoms with Gasteiger partial charge in [0.15, 0.2) is 9.84 Å². The number of benzene rings is 1. The summed E-state index contributed by atoms with van der Waals surface area (Å²) in [4.78, 5) is 8.73. The minimum atomic E-state index is -3.01. The van der Waals surface area contributed by atoms with Gasteiger partial charge in [0.25, 0.3) is 0 Å². The number of hydrogen-bond donors (Lipinski definition) is 0. The van der Waals surface area contributed by atoms with Crippen molar-refractivity contribution >= 4 is 9.84 Å². The van der Waals surface area contributed by atoms with Crippen molar-refractivity contribution in [1.29, 1.82) is 0 Å². The quantitative estimate of drug-likeness (QED) is 0.776. The Hall–Kier alpha value is -1.96. The number of nitrogens with zero attached hydrogens (tertiary/aromatic N) is 3. The largest absolute Gasteiger partial charge is 0.497 e. The predicted octanol–water partition coefficient (Wildman–Crippen LogP) is 1.57. The molecular weight excluding hydrogens is 362 g/mol. The summed E-state index contributed by atoms with van der Waals surface area (Å²) in [5, 5.41) is 0. The van der Waals surface area contributed by atoms with E-state index in [1.165, 1.54) is 11.1 Å². The fourth-order valence-electron chi connectivity index (χ4n) is 4.18. The molecule has 2 aliphatic rings. The summed E-state index contributed by atoms with van der Waals surface area (Å²) in [6, 6.07) is 12.1. The standard InChI is InChI=1S/C20H25N3O3S/c1-26-18-4-2-16(3-5-18)12-22-10-11-23(13-17-6-8-21-9-7-17)20-15-27(24,25)14-19(20)22/h2-9,19-20H,10-15H2,1H3. The first-order valence-corrected chi connectivity index (χ1v) is 11.1. The fourth-order valence-corrected chi connectivity index (χ4v) is 6.22. The Morgan fingerprint density at radius 2 is 1.44 bits per heavy atom. The minimum Gasteiger partial charge on any atom is -0.497 e. The van der Waals surface area contributed by atoms with Crippen LogP contribution in [0.5, 0.6) is 5.75 Å². The third-order valence-electron chi connectivity index (χ3n) is 5.59. The topological polar surface area (TPSA) is 62.7 Å². The van der Waals surface area contributed by atoms with Crippen LogP contribution >= 0.6 is 0 Å². The van der Waals surface area contributed by atoms with Crippen LogP contribution in [-0.4, -0.2) is 67.0 Å². The van der Waals surface area contributed by atoms with E-state index in [4.69, 9.17) is 4.74 Å². The van der Waals surface area contributed by atoms with Gasteiger partial charge in [0.05, 0.1) is 18.6 Å². The summed E-state index contributed by atoms with van der Waals surface area (Å²) >= 11 is 0. The predicted molar refractivity (Wildman–Crippen MR) is 104 cm³/mol. The van der Waals surface area contributed by atoms with E-state index >= 15 is 0 Å². The van der Waals surface area contributed by atoms with Gasteiger partial charge in [-0.1, -0.05) is 12.1 Å². The number of piperazine rings is 1. The lowest BCUT2D eigenvalue weighted by atomic mass is 10.0. The van der Waals surface area contributed by atoms with Gasteiger partial charge in [0.1, 0.15) is 5.75 Å². The van der Waals surface area contributed by atoms with Gasteiger partial charge >= 0.3 is 0 Å². The van der Waals surface area contributed by atoms with Crippen LogP contribution in [0.4, 0.5) is 0 Å². The highest BCUT2D eigenvalue weighted by Crippen LogP contribution is 2.29. The zero-order valence-electron chi connectivity index (χ0n) is 15.5. The number of fused-ring (bicyclic) bond motifs is 1. The van der Waals surface area contributed by atoms with Crippen molar-refractivity contribution in [2.45, 2.75) is 25.2 Å². The molecule has 2 fully saturated rings. The van der Waals surface area contributed by atoms with E-state index in [0.717, 1.165) is 31.9 Å². The molecule has 4 rings (SSSR count). The maximum absolute atomic E-state index is 12.4. The summed E-state index contributed by atoms with van der Waals surface area (Å²) in [6.07, 6.45) is 3.58. The zero-order chi connectivity index (χ0) is 18.9. The Kier molecular flexibility index (Phi) is 5.16. The van der Waals surface area contributed by atoms with Gasteiger partial charge in [-0.15, -0.1) is 0 Å². The van der Waals surface area contributed by atoms with Crippen LogP contribution in [0.25, 0.3) is 0 Å². The van der Waals surface area contributed by atoms with Crippen molar-refractivity contribution in [3.63, 3.8) is 0 Å². The molecule has 7 heteroatoms. The first-order valence-electron chi connectivity index (χ1n) is 9.24. The number of sulfone groups is 1. The summed E-state index contributed by atoms with van der Waals surface area (Å²) < 4.78 is 30.0. The van der Waals surface area contributed by atoms with Crippen LogP contribution in [0, 0.1) is 0 Å². The Bertz CT molecular complexity index is 871. The fraction of sp³-hybridized carbons (Fsp3) is 0.450. The lowest BCUT2D eigenvalue weighted by Crippen LogP contribution is -2.58. The molecule has 0 amide bonds. The average Bonchev–Trinajstić information content (AvgIpc) is 3.01. The van der Waals surface area contributed by atoms with Crippen LogP contribution in [-0.2, 0) is 22.9 Å². The molecule has 0 aliphatic carbocycles. The van der Waals surface area contributed by atoms with Gasteiger partial charge in [0, 0.05) is 50.7 Å². The van der Waals surface area contributed by atoms with Crippen molar-refractivity contribution < 1.29 is 13.2 Å². The molecule has 27 heavy (non-hydrogen) atoms. The van der Waals surface area contributed by atoms with Crippen molar-refractivity contribution in [1.82, 2.24) is 14.8 Å². The van der Waals surface area contributed by atoms with E-state index in [1.807, 2.05) is 24.3 Å². The number of pyridine rings is 1. The molecule has 2 aliphatic heterocycles. The van der Waals surface area contributed by atoms with E-state index in [1.54, 1.807) is 19.5 Å². The molecule has 1 aromatic carbocycles. The van der Waals surface area contributed by atoms with Crippen molar-refractivity contribution in [2.24, 2.45) is 0 Å². The van der Waals surface area contributed by atoms with E-state index < -0.39 is 9.84 Å². The molecule has 1 aromatic heterocycles. The van der Waals surface area contributed by atoms with Crippen molar-refractivity contribution in [3.8, 4) is 5.75 Å². The minimum absolute atomic E-state index is 0.0488. The van der Waals surface area contributed by atoms with E-state index in [9.17, 15) is 8.42 Å². The second-order valence-electron chi connectivity index (χ2n) is 7.36. The molecule has 3 heterocycles.